The summed E-state index contributed by atoms with van der Waals surface area (Å²) in [6.07, 6.45) is 3.99. The molecule has 0 saturated carbocycles. The van der Waals surface area contributed by atoms with Gasteiger partial charge >= 0.3 is 0 Å². The molecule has 0 amide bonds. The fraction of sp³-hybridized carbons (Fsp3) is 0.556. The first-order valence-electron chi connectivity index (χ1n) is 4.38. The van der Waals surface area contributed by atoms with E-state index in [1.807, 2.05) is 0 Å². The van der Waals surface area contributed by atoms with Crippen molar-refractivity contribution in [2.75, 3.05) is 0 Å². The predicted octanol–water partition coefficient (Wildman–Crippen LogP) is 2.61. The largest absolute Gasteiger partial charge is 0.357 e. The number of nitrogens with zero attached hydrogens (tertiary/aromatic N) is 1. The van der Waals surface area contributed by atoms with E-state index in [2.05, 4.69) is 4.98 Å². The Kier molecular flexibility index (Phi) is 2.60. The fourth-order valence-corrected chi connectivity index (χ4v) is 2.53. The summed E-state index contributed by atoms with van der Waals surface area (Å²) in [6.45, 7) is 1.80. The van der Waals surface area contributed by atoms with E-state index in [4.69, 9.17) is 16.3 Å². The van der Waals surface area contributed by atoms with Crippen LogP contribution in [0.4, 0.5) is 0 Å². The third-order valence-electron chi connectivity index (χ3n) is 2.33. The van der Waals surface area contributed by atoms with Crippen molar-refractivity contribution in [3.8, 4) is 0 Å². The number of aromatic nitrogens is 1. The van der Waals surface area contributed by atoms with Gasteiger partial charge in [-0.1, -0.05) is 11.6 Å². The maximum absolute atomic E-state index is 10.7. The number of rotatable bonds is 2. The smallest absolute Gasteiger partial charge is 0.151 e. The Hall–Kier alpha value is -0.450. The highest BCUT2D eigenvalue weighted by Crippen LogP contribution is 2.40. The lowest BCUT2D eigenvalue weighted by molar-refractivity contribution is -0.127. The molecular weight excluding hydrogens is 222 g/mol. The van der Waals surface area contributed by atoms with Crippen LogP contribution in [0.5, 0.6) is 0 Å². The zero-order valence-corrected chi connectivity index (χ0v) is 9.27. The van der Waals surface area contributed by atoms with E-state index in [0.29, 0.717) is 4.34 Å². The fourth-order valence-electron chi connectivity index (χ4n) is 1.54. The van der Waals surface area contributed by atoms with Crippen LogP contribution in [0.1, 0.15) is 30.9 Å². The summed E-state index contributed by atoms with van der Waals surface area (Å²) in [5.74, 6) is 0. The Labute approximate surface area is 91.1 Å². The number of carbonyl (C=O) groups excluding carboxylic acids is 1. The van der Waals surface area contributed by atoms with Gasteiger partial charge in [0.2, 0.25) is 0 Å². The van der Waals surface area contributed by atoms with E-state index in [1.165, 1.54) is 11.3 Å². The Morgan fingerprint density at radius 2 is 2.64 bits per heavy atom. The molecule has 2 rings (SSSR count). The van der Waals surface area contributed by atoms with Gasteiger partial charge in [-0.3, -0.25) is 0 Å². The van der Waals surface area contributed by atoms with Crippen LogP contribution in [0, 0.1) is 0 Å². The molecule has 1 aliphatic rings. The predicted molar refractivity (Wildman–Crippen MR) is 54.7 cm³/mol. The van der Waals surface area contributed by atoms with E-state index in [9.17, 15) is 4.79 Å². The summed E-state index contributed by atoms with van der Waals surface area (Å²) in [6, 6.07) is 0. The highest BCUT2D eigenvalue weighted by molar-refractivity contribution is 7.15. The van der Waals surface area contributed by atoms with Gasteiger partial charge in [-0.25, -0.2) is 4.98 Å². The number of hydrogen-bond donors (Lipinski definition) is 0. The van der Waals surface area contributed by atoms with Gasteiger partial charge in [-0.15, -0.1) is 11.3 Å². The topological polar surface area (TPSA) is 39.2 Å². The lowest BCUT2D eigenvalue weighted by atomic mass is 10.1. The third kappa shape index (κ3) is 1.82. The molecule has 1 aromatic heterocycles. The number of hydrogen-bond acceptors (Lipinski definition) is 4. The molecule has 1 saturated heterocycles. The first-order chi connectivity index (χ1) is 6.63. The monoisotopic (exact) mass is 231 g/mol. The second-order valence-electron chi connectivity index (χ2n) is 3.58. The molecule has 5 heteroatoms. The van der Waals surface area contributed by atoms with Crippen molar-refractivity contribution in [1.29, 1.82) is 0 Å². The van der Waals surface area contributed by atoms with Gasteiger partial charge in [0.1, 0.15) is 21.0 Å². The first-order valence-corrected chi connectivity index (χ1v) is 5.58. The quantitative estimate of drug-likeness (QED) is 0.735. The average Bonchev–Trinajstić information content (AvgIpc) is 2.73. The van der Waals surface area contributed by atoms with E-state index in [1.54, 1.807) is 13.1 Å². The SMILES string of the molecule is CC1(C=O)CCC(c2ncc(Cl)s2)O1. The van der Waals surface area contributed by atoms with Crippen molar-refractivity contribution >= 4 is 29.2 Å². The Balaban J connectivity index is 2.13. The number of halogens is 1. The van der Waals surface area contributed by atoms with Gasteiger partial charge in [0.15, 0.2) is 6.29 Å². The molecule has 1 fully saturated rings. The molecule has 2 heterocycles. The lowest BCUT2D eigenvalue weighted by Crippen LogP contribution is -2.24. The minimum absolute atomic E-state index is 0.0669. The first kappa shape index (κ1) is 10.1. The molecule has 2 atom stereocenters. The van der Waals surface area contributed by atoms with Crippen molar-refractivity contribution in [1.82, 2.24) is 4.98 Å². The zero-order chi connectivity index (χ0) is 10.2. The molecule has 76 valence electrons. The van der Waals surface area contributed by atoms with Crippen LogP contribution in [-0.4, -0.2) is 16.9 Å². The van der Waals surface area contributed by atoms with Crippen LogP contribution in [0.2, 0.25) is 4.34 Å². The van der Waals surface area contributed by atoms with Gasteiger partial charge in [0.25, 0.3) is 0 Å². The number of thiazole rings is 1. The molecule has 0 aromatic carbocycles. The van der Waals surface area contributed by atoms with Gasteiger partial charge < -0.3 is 9.53 Å². The van der Waals surface area contributed by atoms with Gasteiger partial charge in [-0.2, -0.15) is 0 Å². The van der Waals surface area contributed by atoms with Crippen molar-refractivity contribution in [2.45, 2.75) is 31.5 Å². The van der Waals surface area contributed by atoms with Crippen LogP contribution in [0.3, 0.4) is 0 Å². The maximum atomic E-state index is 10.7. The van der Waals surface area contributed by atoms with Gasteiger partial charge in [0, 0.05) is 0 Å². The molecular formula is C9H10ClNO2S. The molecule has 1 aliphatic heterocycles. The second-order valence-corrected chi connectivity index (χ2v) is 5.27. The molecule has 3 nitrogen and oxygen atoms in total. The summed E-state index contributed by atoms with van der Waals surface area (Å²) in [7, 11) is 0. The van der Waals surface area contributed by atoms with E-state index in [-0.39, 0.29) is 6.10 Å². The molecule has 0 radical (unpaired) electrons. The van der Waals surface area contributed by atoms with Crippen molar-refractivity contribution in [2.24, 2.45) is 0 Å². The third-order valence-corrected chi connectivity index (χ3v) is 3.54. The minimum Gasteiger partial charge on any atom is -0.357 e. The van der Waals surface area contributed by atoms with Crippen molar-refractivity contribution in [3.63, 3.8) is 0 Å². The molecule has 14 heavy (non-hydrogen) atoms. The molecule has 0 bridgehead atoms. The molecule has 0 N–H and O–H groups in total. The zero-order valence-electron chi connectivity index (χ0n) is 7.70. The lowest BCUT2D eigenvalue weighted by Gasteiger charge is -2.16. The van der Waals surface area contributed by atoms with Crippen molar-refractivity contribution in [3.05, 3.63) is 15.5 Å². The maximum Gasteiger partial charge on any atom is 0.151 e. The number of ether oxygens (including phenoxy) is 1. The summed E-state index contributed by atoms with van der Waals surface area (Å²) < 4.78 is 6.27. The van der Waals surface area contributed by atoms with Crippen LogP contribution < -0.4 is 0 Å². The summed E-state index contributed by atoms with van der Waals surface area (Å²) in [4.78, 5) is 14.9. The molecule has 0 spiro atoms. The molecule has 2 unspecified atom stereocenters. The van der Waals surface area contributed by atoms with Crippen LogP contribution in [0.25, 0.3) is 0 Å². The van der Waals surface area contributed by atoms with Gasteiger partial charge in [-0.05, 0) is 19.8 Å². The Morgan fingerprint density at radius 3 is 3.14 bits per heavy atom. The normalized spacial score (nSPS) is 32.0. The number of carbonyl (C=O) groups is 1. The van der Waals surface area contributed by atoms with Crippen LogP contribution in [-0.2, 0) is 9.53 Å². The Morgan fingerprint density at radius 1 is 1.86 bits per heavy atom. The summed E-state index contributed by atoms with van der Waals surface area (Å²) >= 11 is 7.18. The van der Waals surface area contributed by atoms with E-state index in [0.717, 1.165) is 24.1 Å². The summed E-state index contributed by atoms with van der Waals surface area (Å²) in [5, 5.41) is 0.862. The van der Waals surface area contributed by atoms with Crippen LogP contribution >= 0.6 is 22.9 Å². The van der Waals surface area contributed by atoms with E-state index >= 15 is 0 Å². The average molecular weight is 232 g/mol. The van der Waals surface area contributed by atoms with Crippen molar-refractivity contribution < 1.29 is 9.53 Å². The summed E-state index contributed by atoms with van der Waals surface area (Å²) in [5.41, 5.74) is -0.636. The van der Waals surface area contributed by atoms with Gasteiger partial charge in [0.05, 0.1) is 6.20 Å². The second kappa shape index (κ2) is 3.61. The minimum atomic E-state index is -0.636. The molecule has 1 aromatic rings. The number of aldehydes is 1. The standard InChI is InChI=1S/C9H10ClNO2S/c1-9(5-12)3-2-6(13-9)8-11-4-7(10)14-8/h4-6H,2-3H2,1H3. The van der Waals surface area contributed by atoms with E-state index < -0.39 is 5.60 Å². The Bertz CT molecular complexity index is 354. The molecule has 0 aliphatic carbocycles. The van der Waals surface area contributed by atoms with Crippen LogP contribution in [0.15, 0.2) is 6.20 Å². The highest BCUT2D eigenvalue weighted by atomic mass is 35.5. The highest BCUT2D eigenvalue weighted by Gasteiger charge is 2.37.